The Labute approximate surface area is 114 Å². The molecule has 9 nitrogen and oxygen atoms in total. The number of hydrogen-bond acceptors (Lipinski definition) is 9. The van der Waals surface area contributed by atoms with Crippen molar-refractivity contribution in [2.45, 2.75) is 62.2 Å². The summed E-state index contributed by atoms with van der Waals surface area (Å²) in [6, 6.07) is 0. The summed E-state index contributed by atoms with van der Waals surface area (Å²) in [7, 11) is 0. The first kappa shape index (κ1) is 16.0. The fraction of sp³-hybridized carbons (Fsp3) is 1.00. The maximum Gasteiger partial charge on any atom is 0.187 e. The minimum absolute atomic E-state index is 0.256. The van der Waals surface area contributed by atoms with Gasteiger partial charge in [0.15, 0.2) is 12.6 Å². The summed E-state index contributed by atoms with van der Waals surface area (Å²) in [5, 5.41) is 57.7. The van der Waals surface area contributed by atoms with Crippen LogP contribution in [-0.2, 0) is 14.2 Å². The highest BCUT2D eigenvalue weighted by atomic mass is 16.7. The average molecular weight is 296 g/mol. The van der Waals surface area contributed by atoms with Crippen molar-refractivity contribution in [1.29, 1.82) is 0 Å². The molecule has 2 heterocycles. The number of aliphatic hydroxyl groups is 6. The molecule has 9 heteroatoms. The normalized spacial score (nSPS) is 53.9. The van der Waals surface area contributed by atoms with Gasteiger partial charge in [-0.1, -0.05) is 0 Å². The van der Waals surface area contributed by atoms with Crippen molar-refractivity contribution in [3.05, 3.63) is 0 Å². The van der Waals surface area contributed by atoms with Gasteiger partial charge in [-0.2, -0.15) is 0 Å². The van der Waals surface area contributed by atoms with Crippen LogP contribution in [0.4, 0.5) is 0 Å². The van der Waals surface area contributed by atoms with E-state index in [9.17, 15) is 30.6 Å². The van der Waals surface area contributed by atoms with Gasteiger partial charge in [-0.05, 0) is 6.92 Å². The third kappa shape index (κ3) is 2.96. The Hall–Kier alpha value is -0.360. The van der Waals surface area contributed by atoms with Gasteiger partial charge in [0.05, 0.1) is 12.7 Å². The van der Waals surface area contributed by atoms with Gasteiger partial charge in [0.2, 0.25) is 0 Å². The molecule has 0 amide bonds. The molecule has 118 valence electrons. The first-order valence-corrected chi connectivity index (χ1v) is 6.34. The van der Waals surface area contributed by atoms with Crippen molar-refractivity contribution in [2.24, 2.45) is 0 Å². The van der Waals surface area contributed by atoms with Crippen molar-refractivity contribution < 1.29 is 44.8 Å². The van der Waals surface area contributed by atoms with Gasteiger partial charge in [0.1, 0.15) is 36.6 Å². The topological polar surface area (TPSA) is 149 Å². The Morgan fingerprint density at radius 2 is 1.55 bits per heavy atom. The molecule has 2 aliphatic rings. The minimum Gasteiger partial charge on any atom is -0.388 e. The van der Waals surface area contributed by atoms with Crippen LogP contribution in [0.1, 0.15) is 6.92 Å². The minimum atomic E-state index is -1.57. The van der Waals surface area contributed by atoms with Crippen molar-refractivity contribution in [1.82, 2.24) is 0 Å². The fourth-order valence-corrected chi connectivity index (χ4v) is 2.21. The lowest BCUT2D eigenvalue weighted by atomic mass is 9.99. The summed E-state index contributed by atoms with van der Waals surface area (Å²) in [6.07, 6.45) is -12.1. The third-order valence-corrected chi connectivity index (χ3v) is 3.55. The van der Waals surface area contributed by atoms with Crippen molar-refractivity contribution in [2.75, 3.05) is 6.61 Å². The Kier molecular flexibility index (Phi) is 4.95. The SMILES string of the molecule is C[C@H]1O[C@@H](O[C@@H]2[C@@H](O)[C@H](O)CO[C@@H]2O)[C@H](O)[C@@H](O)[C@H]1O. The van der Waals surface area contributed by atoms with Gasteiger partial charge >= 0.3 is 0 Å². The van der Waals surface area contributed by atoms with Crippen LogP contribution in [-0.4, -0.2) is 92.6 Å². The molecule has 2 fully saturated rings. The molecule has 20 heavy (non-hydrogen) atoms. The molecule has 0 aromatic rings. The predicted molar refractivity (Wildman–Crippen MR) is 61.2 cm³/mol. The van der Waals surface area contributed by atoms with Crippen LogP contribution in [0, 0.1) is 0 Å². The van der Waals surface area contributed by atoms with Gasteiger partial charge in [0, 0.05) is 0 Å². The number of ether oxygens (including phenoxy) is 3. The van der Waals surface area contributed by atoms with Crippen molar-refractivity contribution >= 4 is 0 Å². The van der Waals surface area contributed by atoms with E-state index < -0.39 is 55.3 Å². The lowest BCUT2D eigenvalue weighted by Crippen LogP contribution is -2.61. The molecule has 2 saturated heterocycles. The average Bonchev–Trinajstić information content (AvgIpc) is 2.42. The number of rotatable bonds is 2. The molecule has 0 aliphatic carbocycles. The highest BCUT2D eigenvalue weighted by Crippen LogP contribution is 2.26. The lowest BCUT2D eigenvalue weighted by Gasteiger charge is -2.43. The molecular formula is C11H20O9. The van der Waals surface area contributed by atoms with Gasteiger partial charge in [-0.3, -0.25) is 0 Å². The summed E-state index contributed by atoms with van der Waals surface area (Å²) in [5.74, 6) is 0. The van der Waals surface area contributed by atoms with E-state index in [1.165, 1.54) is 6.92 Å². The van der Waals surface area contributed by atoms with E-state index in [0.717, 1.165) is 0 Å². The van der Waals surface area contributed by atoms with Gasteiger partial charge in [-0.25, -0.2) is 0 Å². The molecule has 2 rings (SSSR count). The molecule has 0 saturated carbocycles. The second-order valence-corrected chi connectivity index (χ2v) is 5.06. The van der Waals surface area contributed by atoms with Crippen LogP contribution in [0.5, 0.6) is 0 Å². The van der Waals surface area contributed by atoms with E-state index >= 15 is 0 Å². The van der Waals surface area contributed by atoms with Gasteiger partial charge < -0.3 is 44.8 Å². The van der Waals surface area contributed by atoms with Crippen LogP contribution < -0.4 is 0 Å². The van der Waals surface area contributed by atoms with Gasteiger partial charge in [0.25, 0.3) is 0 Å². The highest BCUT2D eigenvalue weighted by molar-refractivity contribution is 4.90. The first-order valence-electron chi connectivity index (χ1n) is 6.34. The summed E-state index contributed by atoms with van der Waals surface area (Å²) >= 11 is 0. The lowest BCUT2D eigenvalue weighted by molar-refractivity contribution is -0.348. The monoisotopic (exact) mass is 296 g/mol. The molecule has 0 bridgehead atoms. The van der Waals surface area contributed by atoms with E-state index in [0.29, 0.717) is 0 Å². The molecule has 0 radical (unpaired) electrons. The predicted octanol–water partition coefficient (Wildman–Crippen LogP) is -3.73. The Morgan fingerprint density at radius 3 is 2.20 bits per heavy atom. The molecular weight excluding hydrogens is 276 g/mol. The van der Waals surface area contributed by atoms with Crippen molar-refractivity contribution in [3.63, 3.8) is 0 Å². The van der Waals surface area contributed by atoms with Crippen LogP contribution in [0.2, 0.25) is 0 Å². The summed E-state index contributed by atoms with van der Waals surface area (Å²) in [5.41, 5.74) is 0. The molecule has 2 aliphatic heterocycles. The zero-order valence-electron chi connectivity index (χ0n) is 10.8. The molecule has 6 N–H and O–H groups in total. The zero-order valence-corrected chi connectivity index (χ0v) is 10.8. The van der Waals surface area contributed by atoms with Crippen LogP contribution >= 0.6 is 0 Å². The number of aliphatic hydroxyl groups excluding tert-OH is 6. The molecule has 0 spiro atoms. The summed E-state index contributed by atoms with van der Waals surface area (Å²) < 4.78 is 15.2. The van der Waals surface area contributed by atoms with E-state index in [4.69, 9.17) is 14.2 Å². The van der Waals surface area contributed by atoms with Crippen molar-refractivity contribution in [3.8, 4) is 0 Å². The maximum atomic E-state index is 9.77. The smallest absolute Gasteiger partial charge is 0.187 e. The Balaban J connectivity index is 2.04. The second kappa shape index (κ2) is 6.18. The standard InChI is InChI=1S/C11H20O9/c1-3-5(13)7(15)8(16)11(19-3)20-9-6(14)4(12)2-18-10(9)17/h3-17H,2H2,1H3/t3-,4-,5+,6+,7+,8-,9-,10+,11+/m1/s1. The number of hydrogen-bond donors (Lipinski definition) is 6. The second-order valence-electron chi connectivity index (χ2n) is 5.06. The zero-order chi connectivity index (χ0) is 15.0. The largest absolute Gasteiger partial charge is 0.388 e. The van der Waals surface area contributed by atoms with Gasteiger partial charge in [-0.15, -0.1) is 0 Å². The Morgan fingerprint density at radius 1 is 0.900 bits per heavy atom. The van der Waals surface area contributed by atoms with Crippen LogP contribution in [0.15, 0.2) is 0 Å². The maximum absolute atomic E-state index is 9.77. The summed E-state index contributed by atoms with van der Waals surface area (Å²) in [6.45, 7) is 1.21. The quantitative estimate of drug-likeness (QED) is 0.302. The molecule has 9 atom stereocenters. The molecule has 0 aromatic carbocycles. The molecule has 0 aromatic heterocycles. The van der Waals surface area contributed by atoms with E-state index in [2.05, 4.69) is 0 Å². The van der Waals surface area contributed by atoms with Crippen LogP contribution in [0.3, 0.4) is 0 Å². The fourth-order valence-electron chi connectivity index (χ4n) is 2.21. The highest BCUT2D eigenvalue weighted by Gasteiger charge is 2.47. The first-order chi connectivity index (χ1) is 9.32. The van der Waals surface area contributed by atoms with E-state index in [1.807, 2.05) is 0 Å². The Bertz CT molecular complexity index is 327. The van der Waals surface area contributed by atoms with E-state index in [-0.39, 0.29) is 6.61 Å². The summed E-state index contributed by atoms with van der Waals surface area (Å²) in [4.78, 5) is 0. The molecule has 0 unspecified atom stereocenters. The third-order valence-electron chi connectivity index (χ3n) is 3.55. The van der Waals surface area contributed by atoms with Crippen LogP contribution in [0.25, 0.3) is 0 Å². The van der Waals surface area contributed by atoms with E-state index in [1.54, 1.807) is 0 Å².